The minimum Gasteiger partial charge on any atom is -0.390 e. The van der Waals surface area contributed by atoms with Crippen molar-refractivity contribution >= 4 is 40.5 Å². The van der Waals surface area contributed by atoms with Crippen molar-refractivity contribution in [1.82, 2.24) is 14.8 Å². The third-order valence-corrected chi connectivity index (χ3v) is 6.16. The highest BCUT2D eigenvalue weighted by molar-refractivity contribution is 7.10. The second kappa shape index (κ2) is 7.37. The average Bonchev–Trinajstić information content (AvgIpc) is 3.41. The molecule has 0 N–H and O–H groups in total. The number of carbonyl (C=O) groups excluding carboxylic acids is 1. The molecule has 1 aliphatic carbocycles. The van der Waals surface area contributed by atoms with Crippen LogP contribution in [0.4, 0.5) is 5.95 Å². The van der Waals surface area contributed by atoms with Crippen LogP contribution in [-0.2, 0) is 4.79 Å². The number of hydrogen-bond acceptors (Lipinski definition) is 7. The summed E-state index contributed by atoms with van der Waals surface area (Å²) in [7, 11) is 0. The molecule has 4 rings (SSSR count). The number of nitro groups is 1. The maximum Gasteiger partial charge on any atom is 0.490 e. The first-order chi connectivity index (χ1) is 13.1. The van der Waals surface area contributed by atoms with Crippen molar-refractivity contribution in [2.75, 3.05) is 0 Å². The van der Waals surface area contributed by atoms with Gasteiger partial charge in [-0.1, -0.05) is 23.2 Å². The lowest BCUT2D eigenvalue weighted by atomic mass is 9.82. The van der Waals surface area contributed by atoms with Gasteiger partial charge in [-0.15, -0.1) is 22.7 Å². The zero-order valence-electron chi connectivity index (χ0n) is 14.0. The predicted molar refractivity (Wildman–Crippen MR) is 104 cm³/mol. The summed E-state index contributed by atoms with van der Waals surface area (Å²) >= 11 is 3.19. The van der Waals surface area contributed by atoms with Crippen LogP contribution in [0.5, 0.6) is 0 Å². The molecule has 0 fully saturated rings. The molecule has 0 spiro atoms. The molecule has 27 heavy (non-hydrogen) atoms. The van der Waals surface area contributed by atoms with Gasteiger partial charge in [0, 0.05) is 20.8 Å². The molecule has 3 aromatic heterocycles. The van der Waals surface area contributed by atoms with Gasteiger partial charge in [-0.05, 0) is 52.0 Å². The maximum atomic E-state index is 12.9. The Hall–Kier alpha value is -2.91. The van der Waals surface area contributed by atoms with Crippen molar-refractivity contribution in [2.24, 2.45) is 0 Å². The van der Waals surface area contributed by atoms with Gasteiger partial charge in [-0.3, -0.25) is 4.79 Å². The monoisotopic (exact) mass is 398 g/mol. The number of allylic oxidation sites excluding steroid dienone is 3. The molecule has 9 heteroatoms. The van der Waals surface area contributed by atoms with E-state index in [9.17, 15) is 14.9 Å². The predicted octanol–water partition coefficient (Wildman–Crippen LogP) is 4.25. The molecule has 3 heterocycles. The Morgan fingerprint density at radius 3 is 2.70 bits per heavy atom. The number of ketones is 1. The molecule has 0 radical (unpaired) electrons. The van der Waals surface area contributed by atoms with Gasteiger partial charge in [0.25, 0.3) is 0 Å². The molecule has 0 aromatic carbocycles. The van der Waals surface area contributed by atoms with E-state index in [0.717, 1.165) is 15.3 Å². The first-order valence-corrected chi connectivity index (χ1v) is 9.92. The fourth-order valence-corrected chi connectivity index (χ4v) is 4.62. The largest absolute Gasteiger partial charge is 0.490 e. The summed E-state index contributed by atoms with van der Waals surface area (Å²) in [6, 6.07) is 7.27. The van der Waals surface area contributed by atoms with Crippen molar-refractivity contribution in [3.8, 4) is 0 Å². The van der Waals surface area contributed by atoms with Crippen LogP contribution in [0.1, 0.15) is 28.1 Å². The molecular formula is C18H14N4O3S2. The van der Waals surface area contributed by atoms with Crippen LogP contribution in [0.15, 0.2) is 59.1 Å². The molecule has 7 nitrogen and oxygen atoms in total. The molecule has 2 atom stereocenters. The van der Waals surface area contributed by atoms with Gasteiger partial charge < -0.3 is 10.1 Å². The smallest absolute Gasteiger partial charge is 0.390 e. The van der Waals surface area contributed by atoms with Crippen LogP contribution < -0.4 is 0 Å². The van der Waals surface area contributed by atoms with Gasteiger partial charge in [-0.25, -0.2) is 0 Å². The molecule has 3 aromatic rings. The first kappa shape index (κ1) is 17.5. The van der Waals surface area contributed by atoms with E-state index < -0.39 is 16.9 Å². The number of hydrogen-bond donors (Lipinski definition) is 0. The van der Waals surface area contributed by atoms with E-state index in [2.05, 4.69) is 10.1 Å². The first-order valence-electron chi connectivity index (χ1n) is 8.17. The lowest BCUT2D eigenvalue weighted by molar-refractivity contribution is -0.394. The van der Waals surface area contributed by atoms with Crippen LogP contribution in [-0.4, -0.2) is 25.5 Å². The quantitative estimate of drug-likeness (QED) is 0.473. The summed E-state index contributed by atoms with van der Waals surface area (Å²) < 4.78 is 1.32. The molecule has 0 saturated carbocycles. The van der Waals surface area contributed by atoms with Gasteiger partial charge in [-0.2, -0.15) is 4.68 Å². The molecule has 136 valence electrons. The van der Waals surface area contributed by atoms with E-state index in [1.54, 1.807) is 28.7 Å². The number of rotatable bonds is 5. The normalized spacial score (nSPS) is 20.1. The van der Waals surface area contributed by atoms with Gasteiger partial charge in [0.1, 0.15) is 6.04 Å². The Morgan fingerprint density at radius 1 is 1.22 bits per heavy atom. The van der Waals surface area contributed by atoms with Crippen molar-refractivity contribution in [3.63, 3.8) is 0 Å². The molecule has 0 saturated heterocycles. The SMILES string of the molecule is O=C1C=C(/C=C/c2cccs2)CC(c2cccs2)C1n1cnc([N+](=O)[O-])n1. The second-order valence-electron chi connectivity index (χ2n) is 6.02. The van der Waals surface area contributed by atoms with E-state index in [1.165, 1.54) is 11.0 Å². The Kier molecular flexibility index (Phi) is 4.78. The fraction of sp³-hybridized carbons (Fsp3) is 0.167. The van der Waals surface area contributed by atoms with Gasteiger partial charge >= 0.3 is 5.95 Å². The van der Waals surface area contributed by atoms with E-state index in [-0.39, 0.29) is 11.7 Å². The standard InChI is InChI=1S/C18H14N4O3S2/c23-15-10-12(5-6-13-3-1-7-26-13)9-14(16-4-2-8-27-16)17(15)21-11-19-18(20-21)22(24)25/h1-8,10-11,14,17H,9H2/b6-5+. The Balaban J connectivity index is 1.68. The lowest BCUT2D eigenvalue weighted by Gasteiger charge is -2.27. The summed E-state index contributed by atoms with van der Waals surface area (Å²) in [4.78, 5) is 29.0. The Labute approximate surface area is 162 Å². The summed E-state index contributed by atoms with van der Waals surface area (Å²) in [5, 5.41) is 18.8. The highest BCUT2D eigenvalue weighted by atomic mass is 32.1. The Bertz CT molecular complexity index is 1020. The fourth-order valence-electron chi connectivity index (χ4n) is 3.14. The molecule has 0 amide bonds. The van der Waals surface area contributed by atoms with E-state index in [4.69, 9.17) is 0 Å². The second-order valence-corrected chi connectivity index (χ2v) is 7.98. The minimum absolute atomic E-state index is 0.134. The highest BCUT2D eigenvalue weighted by Gasteiger charge is 2.37. The van der Waals surface area contributed by atoms with Crippen molar-refractivity contribution in [3.05, 3.63) is 78.9 Å². The highest BCUT2D eigenvalue weighted by Crippen LogP contribution is 2.41. The van der Waals surface area contributed by atoms with Crippen molar-refractivity contribution in [1.29, 1.82) is 0 Å². The van der Waals surface area contributed by atoms with Crippen LogP contribution in [0.2, 0.25) is 0 Å². The summed E-state index contributed by atoms with van der Waals surface area (Å²) in [6.45, 7) is 0. The third kappa shape index (κ3) is 3.64. The summed E-state index contributed by atoms with van der Waals surface area (Å²) in [6.07, 6.45) is 7.47. The van der Waals surface area contributed by atoms with Crippen LogP contribution in [0.25, 0.3) is 6.08 Å². The van der Waals surface area contributed by atoms with Crippen LogP contribution >= 0.6 is 22.7 Å². The van der Waals surface area contributed by atoms with Crippen LogP contribution in [0, 0.1) is 10.1 Å². The third-order valence-electron chi connectivity index (χ3n) is 4.31. The molecular weight excluding hydrogens is 384 g/mol. The molecule has 1 aliphatic rings. The topological polar surface area (TPSA) is 90.9 Å². The lowest BCUT2D eigenvalue weighted by Crippen LogP contribution is -2.29. The molecule has 0 bridgehead atoms. The number of carbonyl (C=O) groups is 1. The minimum atomic E-state index is -0.658. The maximum absolute atomic E-state index is 12.9. The van der Waals surface area contributed by atoms with Crippen molar-refractivity contribution < 1.29 is 9.72 Å². The van der Waals surface area contributed by atoms with Crippen molar-refractivity contribution in [2.45, 2.75) is 18.4 Å². The molecule has 0 aliphatic heterocycles. The van der Waals surface area contributed by atoms with E-state index in [0.29, 0.717) is 6.42 Å². The number of aromatic nitrogens is 3. The molecule has 2 unspecified atom stereocenters. The number of nitrogens with zero attached hydrogens (tertiary/aromatic N) is 4. The van der Waals surface area contributed by atoms with Gasteiger partial charge in [0.05, 0.1) is 0 Å². The summed E-state index contributed by atoms with van der Waals surface area (Å²) in [5.74, 6) is -0.780. The number of thiophene rings is 2. The zero-order chi connectivity index (χ0) is 18.8. The van der Waals surface area contributed by atoms with E-state index in [1.807, 2.05) is 47.2 Å². The van der Waals surface area contributed by atoms with Gasteiger partial charge in [0.15, 0.2) is 5.78 Å². The summed E-state index contributed by atoms with van der Waals surface area (Å²) in [5.41, 5.74) is 0.928. The Morgan fingerprint density at radius 2 is 2.04 bits per heavy atom. The van der Waals surface area contributed by atoms with E-state index >= 15 is 0 Å². The van der Waals surface area contributed by atoms with Gasteiger partial charge in [0.2, 0.25) is 6.33 Å². The van der Waals surface area contributed by atoms with Crippen LogP contribution in [0.3, 0.4) is 0 Å². The zero-order valence-corrected chi connectivity index (χ0v) is 15.6. The average molecular weight is 398 g/mol.